The van der Waals surface area contributed by atoms with Gasteiger partial charge in [-0.2, -0.15) is 0 Å². The third-order valence-electron chi connectivity index (χ3n) is 0.468. The van der Waals surface area contributed by atoms with E-state index >= 15 is 0 Å². The van der Waals surface area contributed by atoms with Crippen LogP contribution in [0.3, 0.4) is 0 Å². The van der Waals surface area contributed by atoms with Crippen LogP contribution in [0.4, 0.5) is 0 Å². The Morgan fingerprint density at radius 2 is 2.29 bits per heavy atom. The summed E-state index contributed by atoms with van der Waals surface area (Å²) >= 11 is 0. The summed E-state index contributed by atoms with van der Waals surface area (Å²) in [6.07, 6.45) is 1.65. The topological polar surface area (TPSA) is 36.2 Å². The van der Waals surface area contributed by atoms with Gasteiger partial charge in [0.25, 0.3) is 0 Å². The van der Waals surface area contributed by atoms with E-state index in [-0.39, 0.29) is 16.8 Å². The Labute approximate surface area is 54.8 Å². The minimum atomic E-state index is -0.395. The van der Waals surface area contributed by atoms with Crippen molar-refractivity contribution in [1.29, 1.82) is 4.78 Å². The molecule has 1 heterocycles. The average molecular weight is 159 g/mol. The van der Waals surface area contributed by atoms with E-state index < -0.39 is 10.7 Å². The Morgan fingerprint density at radius 1 is 1.57 bits per heavy atom. The molecule has 0 fully saturated rings. The van der Waals surface area contributed by atoms with Crippen molar-refractivity contribution >= 4 is 16.2 Å². The van der Waals surface area contributed by atoms with Gasteiger partial charge in [-0.1, -0.05) is 0 Å². The zero-order valence-electron chi connectivity index (χ0n) is 3.42. The molecule has 2 nitrogen and oxygen atoms in total. The molecule has 0 bridgehead atoms. The molecule has 0 saturated carbocycles. The number of hydrogen-bond acceptors (Lipinski definition) is 2. The zero-order chi connectivity index (χ0) is 4.41. The molecule has 0 spiro atoms. The fourth-order valence-electron chi connectivity index (χ4n) is 0.237. The van der Waals surface area contributed by atoms with Gasteiger partial charge >= 0.3 is 0 Å². The Bertz CT molecular complexity index is 115. The van der Waals surface area contributed by atoms with Crippen molar-refractivity contribution in [3.05, 3.63) is 11.6 Å². The van der Waals surface area contributed by atoms with Gasteiger partial charge in [-0.25, -0.2) is 0 Å². The number of rotatable bonds is 0. The van der Waals surface area contributed by atoms with Gasteiger partial charge < -0.3 is 0 Å². The van der Waals surface area contributed by atoms with Gasteiger partial charge in [0.05, 0.1) is 5.55 Å². The Hall–Kier alpha value is 0.0665. The van der Waals surface area contributed by atoms with E-state index in [0.717, 1.165) is 0 Å². The fourth-order valence-corrected chi connectivity index (χ4v) is 0.710. The maximum atomic E-state index is 6.92. The van der Waals surface area contributed by atoms with Crippen LogP contribution in [0.25, 0.3) is 0 Å². The summed E-state index contributed by atoms with van der Waals surface area (Å²) < 4.78 is 6.92. The first-order valence-corrected chi connectivity index (χ1v) is 2.88. The van der Waals surface area contributed by atoms with Gasteiger partial charge in [0.2, 0.25) is 0 Å². The van der Waals surface area contributed by atoms with E-state index in [4.69, 9.17) is 4.78 Å². The van der Waals surface area contributed by atoms with Crippen LogP contribution in [0.1, 0.15) is 0 Å². The zero-order valence-corrected chi connectivity index (χ0v) is 5.28. The summed E-state index contributed by atoms with van der Waals surface area (Å²) in [5, 5.41) is 1.75. The third kappa shape index (κ3) is 2.01. The Balaban J connectivity index is 0.000000360. The first-order valence-electron chi connectivity index (χ1n) is 1.53. The molecular weight excluding hydrogens is 155 g/mol. The van der Waals surface area contributed by atoms with Crippen molar-refractivity contribution in [3.63, 3.8) is 0 Å². The SMILES string of the molecule is N=S1C=CN=C1.[Co]. The molecule has 4 heteroatoms. The van der Waals surface area contributed by atoms with E-state index in [0.29, 0.717) is 0 Å². The van der Waals surface area contributed by atoms with Gasteiger partial charge in [-0.05, 0) is 10.7 Å². The molecule has 41 valence electrons. The summed E-state index contributed by atoms with van der Waals surface area (Å²) in [6, 6.07) is 0. The summed E-state index contributed by atoms with van der Waals surface area (Å²) in [5.41, 5.74) is 1.61. The number of nitrogens with one attached hydrogen (secondary N) is 1. The smallest absolute Gasteiger partial charge is 0.0744 e. The molecule has 1 unspecified atom stereocenters. The predicted molar refractivity (Wildman–Crippen MR) is 27.7 cm³/mol. The molecule has 1 aliphatic rings. The van der Waals surface area contributed by atoms with Gasteiger partial charge in [0.15, 0.2) is 0 Å². The molecule has 0 aromatic heterocycles. The molecule has 1 atom stereocenters. The van der Waals surface area contributed by atoms with Crippen LogP contribution >= 0.6 is 0 Å². The molecule has 1 aliphatic heterocycles. The predicted octanol–water partition coefficient (Wildman–Crippen LogP) is 0.878. The molecule has 0 amide bonds. The van der Waals surface area contributed by atoms with Gasteiger partial charge in [-0.15, -0.1) is 0 Å². The van der Waals surface area contributed by atoms with Crippen LogP contribution in [0.2, 0.25) is 0 Å². The molecule has 1 rings (SSSR count). The fraction of sp³-hybridized carbons (Fsp3) is 0. The van der Waals surface area contributed by atoms with Crippen molar-refractivity contribution in [1.82, 2.24) is 0 Å². The van der Waals surface area contributed by atoms with E-state index in [1.807, 2.05) is 0 Å². The summed E-state index contributed by atoms with van der Waals surface area (Å²) in [5.74, 6) is 0. The van der Waals surface area contributed by atoms with Crippen LogP contribution in [-0.4, -0.2) is 5.55 Å². The van der Waals surface area contributed by atoms with E-state index in [1.54, 1.807) is 17.2 Å². The molecule has 1 radical (unpaired) electrons. The summed E-state index contributed by atoms with van der Waals surface area (Å²) in [6.45, 7) is 0. The van der Waals surface area contributed by atoms with E-state index in [2.05, 4.69) is 4.99 Å². The molecule has 0 aromatic carbocycles. The van der Waals surface area contributed by atoms with Gasteiger partial charge in [-0.3, -0.25) is 9.77 Å². The second-order valence-corrected chi connectivity index (χ2v) is 2.14. The van der Waals surface area contributed by atoms with Crippen LogP contribution < -0.4 is 0 Å². The van der Waals surface area contributed by atoms with Crippen LogP contribution in [0.15, 0.2) is 16.6 Å². The van der Waals surface area contributed by atoms with Gasteiger partial charge in [0.1, 0.15) is 0 Å². The molecule has 7 heavy (non-hydrogen) atoms. The second-order valence-electron chi connectivity index (χ2n) is 0.911. The molecular formula is C3H4CoN2S. The van der Waals surface area contributed by atoms with Crippen molar-refractivity contribution < 1.29 is 16.8 Å². The first kappa shape index (κ1) is 7.07. The molecule has 0 saturated heterocycles. The van der Waals surface area contributed by atoms with Crippen molar-refractivity contribution in [2.75, 3.05) is 0 Å². The van der Waals surface area contributed by atoms with Gasteiger partial charge in [0, 0.05) is 28.4 Å². The largest absolute Gasteiger partial charge is 0.270 e. The Morgan fingerprint density at radius 3 is 2.43 bits per heavy atom. The number of hydrogen-bond donors (Lipinski definition) is 1. The molecule has 1 N–H and O–H groups in total. The molecule has 0 aliphatic carbocycles. The quantitative estimate of drug-likeness (QED) is 0.544. The summed E-state index contributed by atoms with van der Waals surface area (Å²) in [4.78, 5) is 3.68. The normalized spacial score (nSPS) is 24.9. The maximum Gasteiger partial charge on any atom is 0.0744 e. The van der Waals surface area contributed by atoms with Crippen molar-refractivity contribution in [3.8, 4) is 0 Å². The number of nitrogens with zero attached hydrogens (tertiary/aromatic N) is 1. The van der Waals surface area contributed by atoms with Crippen molar-refractivity contribution in [2.24, 2.45) is 4.99 Å². The van der Waals surface area contributed by atoms with Crippen LogP contribution in [0, 0.1) is 4.78 Å². The average Bonchev–Trinajstić information content (AvgIpc) is 1.86. The van der Waals surface area contributed by atoms with E-state index in [9.17, 15) is 0 Å². The van der Waals surface area contributed by atoms with Crippen LogP contribution in [-0.2, 0) is 27.5 Å². The maximum absolute atomic E-state index is 6.92. The summed E-state index contributed by atoms with van der Waals surface area (Å²) in [7, 11) is -0.395. The standard InChI is InChI=1S/C3H4N2S.Co/c4-6-2-1-5-3-6;/h1-4H;. The molecule has 0 aromatic rings. The first-order chi connectivity index (χ1) is 2.89. The van der Waals surface area contributed by atoms with Crippen molar-refractivity contribution in [2.45, 2.75) is 0 Å². The third-order valence-corrected chi connectivity index (χ3v) is 1.23. The minimum absolute atomic E-state index is 0. The minimum Gasteiger partial charge on any atom is -0.270 e. The monoisotopic (exact) mass is 159 g/mol. The second kappa shape index (κ2) is 3.12. The Kier molecular flexibility index (Phi) is 3.15. The number of aliphatic imine (C=N–C) groups is 1. The van der Waals surface area contributed by atoms with Crippen LogP contribution in [0.5, 0.6) is 0 Å². The van der Waals surface area contributed by atoms with E-state index in [1.165, 1.54) is 0 Å².